The number of nitrogens with one attached hydrogen (secondary N) is 2. The van der Waals surface area contributed by atoms with Crippen LogP contribution in [-0.2, 0) is 11.2 Å². The van der Waals surface area contributed by atoms with Crippen LogP contribution in [0.4, 0.5) is 5.13 Å². The van der Waals surface area contributed by atoms with E-state index in [1.807, 2.05) is 31.2 Å². The van der Waals surface area contributed by atoms with Gasteiger partial charge in [-0.15, -0.1) is 11.3 Å². The normalized spacial score (nSPS) is 13.4. The van der Waals surface area contributed by atoms with E-state index in [9.17, 15) is 4.79 Å². The quantitative estimate of drug-likeness (QED) is 0.879. The number of aliphatic imine (C=N–C) groups is 1. The van der Waals surface area contributed by atoms with Crippen LogP contribution < -0.4 is 15.4 Å². The molecule has 0 aliphatic carbocycles. The maximum atomic E-state index is 12.0. The molecule has 0 atom stereocenters. The SMILES string of the molecule is COc1ccc(Cc2sc(NC(=O)C3=NCCN3)nc2C)cc1. The third-order valence-corrected chi connectivity index (χ3v) is 4.60. The Hall–Kier alpha value is -2.41. The van der Waals surface area contributed by atoms with Crippen LogP contribution in [0.25, 0.3) is 0 Å². The van der Waals surface area contributed by atoms with Crippen LogP contribution >= 0.6 is 11.3 Å². The number of hydrogen-bond acceptors (Lipinski definition) is 6. The third-order valence-electron chi connectivity index (χ3n) is 3.53. The number of aromatic nitrogens is 1. The standard InChI is InChI=1S/C16H18N4O2S/c1-10-13(9-11-3-5-12(22-2)6-4-11)23-16(19-10)20-15(21)14-17-7-8-18-14/h3-6H,7-9H2,1-2H3,(H,17,18)(H,19,20,21). The van der Waals surface area contributed by atoms with Crippen molar-refractivity contribution in [2.24, 2.45) is 4.99 Å². The number of carbonyl (C=O) groups excluding carboxylic acids is 1. The number of anilines is 1. The fraction of sp³-hybridized carbons (Fsp3) is 0.312. The molecule has 1 aromatic carbocycles. The minimum absolute atomic E-state index is 0.229. The van der Waals surface area contributed by atoms with Crippen molar-refractivity contribution in [1.29, 1.82) is 0 Å². The summed E-state index contributed by atoms with van der Waals surface area (Å²) < 4.78 is 5.17. The van der Waals surface area contributed by atoms with Gasteiger partial charge in [0.2, 0.25) is 0 Å². The first-order valence-electron chi connectivity index (χ1n) is 7.34. The molecule has 0 unspecified atom stereocenters. The van der Waals surface area contributed by atoms with Crippen molar-refractivity contribution in [3.63, 3.8) is 0 Å². The molecule has 0 bridgehead atoms. The summed E-state index contributed by atoms with van der Waals surface area (Å²) in [4.78, 5) is 21.7. The van der Waals surface area contributed by atoms with Crippen molar-refractivity contribution in [3.8, 4) is 5.75 Å². The first-order valence-corrected chi connectivity index (χ1v) is 8.16. The topological polar surface area (TPSA) is 75.6 Å². The molecular formula is C16H18N4O2S. The van der Waals surface area contributed by atoms with E-state index in [4.69, 9.17) is 4.74 Å². The van der Waals surface area contributed by atoms with E-state index in [0.29, 0.717) is 24.1 Å². The molecular weight excluding hydrogens is 312 g/mol. The van der Waals surface area contributed by atoms with Gasteiger partial charge in [0.25, 0.3) is 5.91 Å². The molecule has 120 valence electrons. The second-order valence-corrected chi connectivity index (χ2v) is 6.25. The second kappa shape index (κ2) is 6.78. The van der Waals surface area contributed by atoms with Crippen molar-refractivity contribution in [2.45, 2.75) is 13.3 Å². The van der Waals surface area contributed by atoms with E-state index >= 15 is 0 Å². The van der Waals surface area contributed by atoms with E-state index in [0.717, 1.165) is 22.7 Å². The van der Waals surface area contributed by atoms with Crippen molar-refractivity contribution in [3.05, 3.63) is 40.4 Å². The Labute approximate surface area is 138 Å². The van der Waals surface area contributed by atoms with Gasteiger partial charge < -0.3 is 10.1 Å². The van der Waals surface area contributed by atoms with E-state index in [-0.39, 0.29) is 5.91 Å². The van der Waals surface area contributed by atoms with Gasteiger partial charge in [-0.3, -0.25) is 15.1 Å². The highest BCUT2D eigenvalue weighted by Crippen LogP contribution is 2.26. The number of ether oxygens (including phenoxy) is 1. The molecule has 0 saturated carbocycles. The molecule has 2 aromatic rings. The maximum absolute atomic E-state index is 12.0. The molecule has 1 aliphatic heterocycles. The van der Waals surface area contributed by atoms with Crippen LogP contribution in [0.3, 0.4) is 0 Å². The maximum Gasteiger partial charge on any atom is 0.292 e. The molecule has 0 radical (unpaired) electrons. The molecule has 3 rings (SSSR count). The molecule has 1 aliphatic rings. The molecule has 23 heavy (non-hydrogen) atoms. The van der Waals surface area contributed by atoms with Gasteiger partial charge in [0.15, 0.2) is 11.0 Å². The van der Waals surface area contributed by atoms with Crippen LogP contribution in [0.1, 0.15) is 16.1 Å². The monoisotopic (exact) mass is 330 g/mol. The largest absolute Gasteiger partial charge is 0.497 e. The van der Waals surface area contributed by atoms with Gasteiger partial charge in [0.05, 0.1) is 19.3 Å². The summed E-state index contributed by atoms with van der Waals surface area (Å²) in [6.45, 7) is 3.31. The van der Waals surface area contributed by atoms with Gasteiger partial charge in [-0.05, 0) is 24.6 Å². The van der Waals surface area contributed by atoms with E-state index in [2.05, 4.69) is 20.6 Å². The Kier molecular flexibility index (Phi) is 4.57. The number of rotatable bonds is 5. The minimum Gasteiger partial charge on any atom is -0.497 e. The zero-order valence-corrected chi connectivity index (χ0v) is 13.9. The first-order chi connectivity index (χ1) is 11.2. The lowest BCUT2D eigenvalue weighted by Crippen LogP contribution is -2.32. The Bertz CT molecular complexity index is 737. The molecule has 1 aromatic heterocycles. The van der Waals surface area contributed by atoms with E-state index in [1.165, 1.54) is 16.9 Å². The van der Waals surface area contributed by atoms with E-state index in [1.54, 1.807) is 7.11 Å². The lowest BCUT2D eigenvalue weighted by molar-refractivity contribution is -0.110. The third kappa shape index (κ3) is 3.68. The highest BCUT2D eigenvalue weighted by Gasteiger charge is 2.17. The van der Waals surface area contributed by atoms with Crippen LogP contribution in [0.5, 0.6) is 5.75 Å². The number of aryl methyl sites for hydroxylation is 1. The molecule has 2 heterocycles. The first kappa shape index (κ1) is 15.5. The lowest BCUT2D eigenvalue weighted by Gasteiger charge is -2.02. The van der Waals surface area contributed by atoms with Crippen molar-refractivity contribution in [2.75, 3.05) is 25.5 Å². The number of thiazole rings is 1. The number of hydrogen-bond donors (Lipinski definition) is 2. The fourth-order valence-electron chi connectivity index (χ4n) is 2.28. The van der Waals surface area contributed by atoms with Crippen LogP contribution in [0.15, 0.2) is 29.3 Å². The summed E-state index contributed by atoms with van der Waals surface area (Å²) >= 11 is 1.49. The van der Waals surface area contributed by atoms with E-state index < -0.39 is 0 Å². The van der Waals surface area contributed by atoms with Crippen molar-refractivity contribution in [1.82, 2.24) is 10.3 Å². The number of nitrogens with zero attached hydrogens (tertiary/aromatic N) is 2. The fourth-order valence-corrected chi connectivity index (χ4v) is 3.27. The predicted molar refractivity (Wildman–Crippen MR) is 91.6 cm³/mol. The smallest absolute Gasteiger partial charge is 0.292 e. The highest BCUT2D eigenvalue weighted by molar-refractivity contribution is 7.16. The molecule has 1 amide bonds. The van der Waals surface area contributed by atoms with Crippen molar-refractivity contribution >= 4 is 28.2 Å². The average Bonchev–Trinajstić information content (AvgIpc) is 3.19. The Morgan fingerprint density at radius 1 is 1.39 bits per heavy atom. The number of amidine groups is 1. The summed E-state index contributed by atoms with van der Waals surface area (Å²) in [7, 11) is 1.65. The summed E-state index contributed by atoms with van der Waals surface area (Å²) in [5, 5.41) is 6.36. The summed E-state index contributed by atoms with van der Waals surface area (Å²) in [5.41, 5.74) is 2.11. The molecule has 6 nitrogen and oxygen atoms in total. The van der Waals surface area contributed by atoms with Crippen LogP contribution in [-0.4, -0.2) is 36.9 Å². The predicted octanol–water partition coefficient (Wildman–Crippen LogP) is 1.99. The summed E-state index contributed by atoms with van der Waals surface area (Å²) in [5.74, 6) is 0.995. The number of carbonyl (C=O) groups is 1. The Balaban J connectivity index is 1.68. The van der Waals surface area contributed by atoms with Gasteiger partial charge >= 0.3 is 0 Å². The molecule has 2 N–H and O–H groups in total. The van der Waals surface area contributed by atoms with Crippen LogP contribution in [0, 0.1) is 6.92 Å². The zero-order valence-electron chi connectivity index (χ0n) is 13.0. The molecule has 0 fully saturated rings. The summed E-state index contributed by atoms with van der Waals surface area (Å²) in [6, 6.07) is 7.96. The Morgan fingerprint density at radius 3 is 2.83 bits per heavy atom. The highest BCUT2D eigenvalue weighted by atomic mass is 32.1. The number of amides is 1. The second-order valence-electron chi connectivity index (χ2n) is 5.16. The van der Waals surface area contributed by atoms with Gasteiger partial charge in [-0.25, -0.2) is 4.98 Å². The number of benzene rings is 1. The van der Waals surface area contributed by atoms with Gasteiger partial charge in [0.1, 0.15) is 5.75 Å². The summed E-state index contributed by atoms with van der Waals surface area (Å²) in [6.07, 6.45) is 0.780. The van der Waals surface area contributed by atoms with Crippen LogP contribution in [0.2, 0.25) is 0 Å². The van der Waals surface area contributed by atoms with Gasteiger partial charge in [-0.1, -0.05) is 12.1 Å². The Morgan fingerprint density at radius 2 is 2.17 bits per heavy atom. The number of methoxy groups -OCH3 is 1. The lowest BCUT2D eigenvalue weighted by atomic mass is 10.1. The average molecular weight is 330 g/mol. The molecule has 0 spiro atoms. The van der Waals surface area contributed by atoms with Crippen molar-refractivity contribution < 1.29 is 9.53 Å². The van der Waals surface area contributed by atoms with Gasteiger partial charge in [-0.2, -0.15) is 0 Å². The zero-order chi connectivity index (χ0) is 16.2. The molecule has 0 saturated heterocycles. The molecule has 7 heteroatoms. The van der Waals surface area contributed by atoms with Gasteiger partial charge in [0, 0.05) is 17.8 Å². The minimum atomic E-state index is -0.229.